The highest BCUT2D eigenvalue weighted by Gasteiger charge is 2.33. The van der Waals surface area contributed by atoms with Crippen LogP contribution in [0.2, 0.25) is 0 Å². The number of unbranched alkanes of at least 4 members (excludes halogenated alkanes) is 1. The second-order valence-electron chi connectivity index (χ2n) is 8.64. The van der Waals surface area contributed by atoms with Gasteiger partial charge in [0.15, 0.2) is 0 Å². The largest absolute Gasteiger partial charge is 0.494 e. The van der Waals surface area contributed by atoms with E-state index in [2.05, 4.69) is 34.9 Å². The maximum Gasteiger partial charge on any atom is 0.223 e. The van der Waals surface area contributed by atoms with E-state index in [9.17, 15) is 4.79 Å². The van der Waals surface area contributed by atoms with E-state index < -0.39 is 0 Å². The van der Waals surface area contributed by atoms with Crippen molar-refractivity contribution in [2.75, 3.05) is 13.2 Å². The van der Waals surface area contributed by atoms with Crippen molar-refractivity contribution in [1.29, 1.82) is 0 Å². The van der Waals surface area contributed by atoms with E-state index in [-0.39, 0.29) is 11.8 Å². The molecule has 5 nitrogen and oxygen atoms in total. The number of amides is 1. The molecule has 2 heterocycles. The second-order valence-corrected chi connectivity index (χ2v) is 8.64. The Hall–Kier alpha value is -3.60. The van der Waals surface area contributed by atoms with Gasteiger partial charge in [0.05, 0.1) is 17.6 Å². The summed E-state index contributed by atoms with van der Waals surface area (Å²) in [7, 11) is 0. The average molecular weight is 440 g/mol. The summed E-state index contributed by atoms with van der Waals surface area (Å²) in [5.74, 6) is 2.27. The van der Waals surface area contributed by atoms with Crippen molar-refractivity contribution in [3.05, 3.63) is 96.3 Å². The Morgan fingerprint density at radius 2 is 1.61 bits per heavy atom. The lowest BCUT2D eigenvalue weighted by atomic mass is 10.1. The summed E-state index contributed by atoms with van der Waals surface area (Å²) in [5, 5.41) is 0. The Balaban J connectivity index is 1.27. The molecule has 1 fully saturated rings. The van der Waals surface area contributed by atoms with E-state index in [1.54, 1.807) is 0 Å². The molecule has 1 aromatic heterocycles. The summed E-state index contributed by atoms with van der Waals surface area (Å²) in [6.45, 7) is 2.94. The highest BCUT2D eigenvalue weighted by molar-refractivity contribution is 5.81. The number of carbonyl (C=O) groups is 1. The zero-order chi connectivity index (χ0) is 22.5. The number of likely N-dealkylation sites (tertiary alicyclic amines) is 1. The fourth-order valence-electron chi connectivity index (χ4n) is 4.62. The van der Waals surface area contributed by atoms with Crippen LogP contribution in [-0.4, -0.2) is 33.5 Å². The molecule has 1 aliphatic rings. The number of hydrogen-bond donors (Lipinski definition) is 0. The molecule has 5 rings (SSSR count). The zero-order valence-corrected chi connectivity index (χ0v) is 18.8. The van der Waals surface area contributed by atoms with E-state index >= 15 is 0 Å². The minimum Gasteiger partial charge on any atom is -0.494 e. The highest BCUT2D eigenvalue weighted by Crippen LogP contribution is 2.31. The lowest BCUT2D eigenvalue weighted by molar-refractivity contribution is -0.128. The zero-order valence-electron chi connectivity index (χ0n) is 18.8. The number of benzene rings is 3. The van der Waals surface area contributed by atoms with Crippen LogP contribution >= 0.6 is 0 Å². The van der Waals surface area contributed by atoms with Gasteiger partial charge in [-0.2, -0.15) is 0 Å². The van der Waals surface area contributed by atoms with Crippen LogP contribution in [0.5, 0.6) is 5.75 Å². The van der Waals surface area contributed by atoms with Crippen LogP contribution in [0.3, 0.4) is 0 Å². The molecule has 0 spiro atoms. The Labute approximate surface area is 194 Å². The van der Waals surface area contributed by atoms with Gasteiger partial charge < -0.3 is 14.2 Å². The molecule has 5 heteroatoms. The molecule has 1 aliphatic heterocycles. The van der Waals surface area contributed by atoms with Gasteiger partial charge >= 0.3 is 0 Å². The molecule has 0 radical (unpaired) electrons. The normalized spacial score (nSPS) is 15.9. The molecule has 33 heavy (non-hydrogen) atoms. The van der Waals surface area contributed by atoms with E-state index in [1.165, 1.54) is 5.56 Å². The number of aromatic nitrogens is 2. The van der Waals surface area contributed by atoms with Crippen LogP contribution in [0.25, 0.3) is 11.0 Å². The predicted octanol–water partition coefficient (Wildman–Crippen LogP) is 5.41. The van der Waals surface area contributed by atoms with Crippen molar-refractivity contribution < 1.29 is 9.53 Å². The highest BCUT2D eigenvalue weighted by atomic mass is 16.5. The molecule has 4 aromatic rings. The SMILES string of the molecule is O=C1C[C@@H](c2nc3ccccc3n2CCCCOc2ccccc2)CN1Cc1ccccc1. The van der Waals surface area contributed by atoms with Gasteiger partial charge in [0.2, 0.25) is 5.91 Å². The minimum absolute atomic E-state index is 0.120. The number of rotatable bonds is 9. The summed E-state index contributed by atoms with van der Waals surface area (Å²) in [6, 6.07) is 28.4. The Bertz CT molecular complexity index is 1200. The number of fused-ring (bicyclic) bond motifs is 1. The summed E-state index contributed by atoms with van der Waals surface area (Å²) in [6.07, 6.45) is 2.48. The van der Waals surface area contributed by atoms with Gasteiger partial charge in [-0.15, -0.1) is 0 Å². The first-order valence-corrected chi connectivity index (χ1v) is 11.7. The van der Waals surface area contributed by atoms with Crippen LogP contribution in [0.15, 0.2) is 84.9 Å². The first-order valence-electron chi connectivity index (χ1n) is 11.7. The second kappa shape index (κ2) is 9.90. The van der Waals surface area contributed by atoms with Gasteiger partial charge in [-0.05, 0) is 42.7 Å². The molecule has 0 bridgehead atoms. The molecule has 1 amide bonds. The van der Waals surface area contributed by atoms with Crippen molar-refractivity contribution in [2.45, 2.75) is 38.3 Å². The number of hydrogen-bond acceptors (Lipinski definition) is 3. The third kappa shape index (κ3) is 4.92. The third-order valence-corrected chi connectivity index (χ3v) is 6.27. The number of aryl methyl sites for hydroxylation is 1. The lowest BCUT2D eigenvalue weighted by Gasteiger charge is -2.17. The fraction of sp³-hybridized carbons (Fsp3) is 0.286. The molecule has 1 atom stereocenters. The van der Waals surface area contributed by atoms with Crippen molar-refractivity contribution in [2.24, 2.45) is 0 Å². The monoisotopic (exact) mass is 439 g/mol. The maximum absolute atomic E-state index is 12.8. The van der Waals surface area contributed by atoms with E-state index in [0.717, 1.165) is 42.0 Å². The molecule has 0 N–H and O–H groups in total. The van der Waals surface area contributed by atoms with E-state index in [4.69, 9.17) is 9.72 Å². The lowest BCUT2D eigenvalue weighted by Crippen LogP contribution is -2.24. The molecule has 3 aromatic carbocycles. The average Bonchev–Trinajstić information content (AvgIpc) is 3.40. The summed E-state index contributed by atoms with van der Waals surface area (Å²) < 4.78 is 8.17. The number of imidazole rings is 1. The molecular formula is C28H29N3O2. The number of carbonyl (C=O) groups excluding carboxylic acids is 1. The molecule has 0 saturated carbocycles. The summed E-state index contributed by atoms with van der Waals surface area (Å²) in [4.78, 5) is 19.7. The third-order valence-electron chi connectivity index (χ3n) is 6.27. The Kier molecular flexibility index (Phi) is 6.38. The molecule has 0 aliphatic carbocycles. The van der Waals surface area contributed by atoms with Crippen molar-refractivity contribution in [3.63, 3.8) is 0 Å². The van der Waals surface area contributed by atoms with Crippen LogP contribution in [0.4, 0.5) is 0 Å². The van der Waals surface area contributed by atoms with Crippen molar-refractivity contribution in [1.82, 2.24) is 14.5 Å². The smallest absolute Gasteiger partial charge is 0.223 e. The van der Waals surface area contributed by atoms with Crippen molar-refractivity contribution in [3.8, 4) is 5.75 Å². The van der Waals surface area contributed by atoms with Gasteiger partial charge in [-0.3, -0.25) is 4.79 Å². The summed E-state index contributed by atoms with van der Waals surface area (Å²) >= 11 is 0. The summed E-state index contributed by atoms with van der Waals surface area (Å²) in [5.41, 5.74) is 3.31. The van der Waals surface area contributed by atoms with Crippen LogP contribution in [0, 0.1) is 0 Å². The van der Waals surface area contributed by atoms with E-state index in [1.807, 2.05) is 59.5 Å². The predicted molar refractivity (Wildman–Crippen MR) is 130 cm³/mol. The Morgan fingerprint density at radius 3 is 2.42 bits per heavy atom. The van der Waals surface area contributed by atoms with Crippen LogP contribution in [-0.2, 0) is 17.9 Å². The van der Waals surface area contributed by atoms with Crippen LogP contribution in [0.1, 0.15) is 36.6 Å². The van der Waals surface area contributed by atoms with Gasteiger partial charge in [0, 0.05) is 32.0 Å². The maximum atomic E-state index is 12.8. The van der Waals surface area contributed by atoms with Gasteiger partial charge in [-0.25, -0.2) is 4.98 Å². The number of ether oxygens (including phenoxy) is 1. The number of para-hydroxylation sites is 3. The number of nitrogens with zero attached hydrogens (tertiary/aromatic N) is 3. The standard InChI is InChI=1S/C28H29N3O2/c32-27-19-23(21-30(27)20-22-11-3-1-4-12-22)28-29-25-15-7-8-16-26(25)31(28)17-9-10-18-33-24-13-5-2-6-14-24/h1-8,11-16,23H,9-10,17-21H2/t23-/m1/s1. The fourth-order valence-corrected chi connectivity index (χ4v) is 4.62. The first-order chi connectivity index (χ1) is 16.3. The van der Waals surface area contributed by atoms with Gasteiger partial charge in [0.1, 0.15) is 11.6 Å². The molecule has 1 saturated heterocycles. The molecular weight excluding hydrogens is 410 g/mol. The van der Waals surface area contributed by atoms with Gasteiger partial charge in [0.25, 0.3) is 0 Å². The quantitative estimate of drug-likeness (QED) is 0.328. The first kappa shape index (κ1) is 21.3. The van der Waals surface area contributed by atoms with Gasteiger partial charge in [-0.1, -0.05) is 60.7 Å². The minimum atomic E-state index is 0.120. The van der Waals surface area contributed by atoms with Crippen LogP contribution < -0.4 is 4.74 Å². The van der Waals surface area contributed by atoms with E-state index in [0.29, 0.717) is 26.1 Å². The van der Waals surface area contributed by atoms with Crippen molar-refractivity contribution >= 4 is 16.9 Å². The topological polar surface area (TPSA) is 47.4 Å². The molecule has 0 unspecified atom stereocenters. The Morgan fingerprint density at radius 1 is 0.879 bits per heavy atom. The molecule has 168 valence electrons.